The van der Waals surface area contributed by atoms with Gasteiger partial charge in [0.2, 0.25) is 0 Å². The molecule has 11 heteroatoms. The minimum absolute atomic E-state index is 0.0341. The molecular weight excluding hydrogens is 472 g/mol. The van der Waals surface area contributed by atoms with Crippen molar-refractivity contribution < 1.29 is 19.1 Å². The number of rotatable bonds is 9. The Morgan fingerprint density at radius 1 is 1.54 bits per heavy atom. The first-order chi connectivity index (χ1) is 12.5. The highest BCUT2D eigenvalue weighted by Crippen LogP contribution is 2.33. The highest BCUT2D eigenvalue weighted by molar-refractivity contribution is 14.1. The van der Waals surface area contributed by atoms with Crippen LogP contribution in [0.25, 0.3) is 0 Å². The largest absolute Gasteiger partial charge is 0.472 e. The monoisotopic (exact) mass is 499 g/mol. The average Bonchev–Trinajstić information content (AvgIpc) is 3.00. The molecule has 1 saturated heterocycles. The maximum absolute atomic E-state index is 11.4. The van der Waals surface area contributed by atoms with Gasteiger partial charge in [0.1, 0.15) is 5.69 Å². The van der Waals surface area contributed by atoms with Gasteiger partial charge in [-0.1, -0.05) is 36.2 Å². The number of nitro groups is 1. The van der Waals surface area contributed by atoms with Crippen LogP contribution in [0.1, 0.15) is 44.8 Å². The van der Waals surface area contributed by atoms with E-state index in [-0.39, 0.29) is 21.7 Å². The predicted octanol–water partition coefficient (Wildman–Crippen LogP) is 4.05. The normalized spacial score (nSPS) is 16.6. The van der Waals surface area contributed by atoms with Gasteiger partial charge in [-0.2, -0.15) is 11.6 Å². The van der Waals surface area contributed by atoms with E-state index in [2.05, 4.69) is 27.5 Å². The third-order valence-corrected chi connectivity index (χ3v) is 6.28. The Balaban J connectivity index is 0.00000163. The van der Waals surface area contributed by atoms with Crippen molar-refractivity contribution in [1.29, 1.82) is 0 Å². The second-order valence-corrected chi connectivity index (χ2v) is 8.54. The first-order valence-corrected chi connectivity index (χ1v) is 11.1. The summed E-state index contributed by atoms with van der Waals surface area (Å²) in [6.07, 6.45) is 2.61. The SMILES string of the molecule is CC.COB(I)SCCCOc1nn(C2CCCOC2)c(C)c1[N+](=O)[O-]. The Bertz CT molecular complexity index is 558. The molecule has 1 aliphatic rings. The van der Waals surface area contributed by atoms with Gasteiger partial charge in [0.15, 0.2) is 0 Å². The van der Waals surface area contributed by atoms with Gasteiger partial charge in [-0.15, -0.1) is 5.10 Å². The van der Waals surface area contributed by atoms with Crippen LogP contribution in [0.15, 0.2) is 0 Å². The molecule has 2 heterocycles. The lowest BCUT2D eigenvalue weighted by Gasteiger charge is -2.22. The van der Waals surface area contributed by atoms with E-state index in [4.69, 9.17) is 14.1 Å². The Kier molecular flexibility index (Phi) is 11.6. The molecule has 0 aliphatic carbocycles. The fourth-order valence-corrected chi connectivity index (χ4v) is 3.90. The highest BCUT2D eigenvalue weighted by Gasteiger charge is 2.30. The molecule has 1 atom stereocenters. The fraction of sp³-hybridized carbons (Fsp3) is 0.800. The quantitative estimate of drug-likeness (QED) is 0.167. The summed E-state index contributed by atoms with van der Waals surface area (Å²) in [4.78, 5) is 11.0. The summed E-state index contributed by atoms with van der Waals surface area (Å²) in [6.45, 7) is 7.36. The standard InChI is InChI=1S/C13H21BIN3O5S.C2H6/c1-10-12(18(19)20)13(23-7-4-8-24-14(15)21-2)16-17(10)11-5-3-6-22-9-11;1-2/h11H,3-9H2,1-2H3;1-2H3. The minimum atomic E-state index is -0.418. The third kappa shape index (κ3) is 6.89. The molecule has 26 heavy (non-hydrogen) atoms. The zero-order valence-electron chi connectivity index (χ0n) is 15.8. The van der Waals surface area contributed by atoms with Gasteiger partial charge < -0.3 is 14.1 Å². The van der Waals surface area contributed by atoms with Gasteiger partial charge in [0.25, 0.3) is 0 Å². The molecule has 0 saturated carbocycles. The van der Waals surface area contributed by atoms with E-state index >= 15 is 0 Å². The van der Waals surface area contributed by atoms with Crippen LogP contribution in [-0.4, -0.2) is 51.4 Å². The van der Waals surface area contributed by atoms with Crippen LogP contribution in [-0.2, 0) is 9.39 Å². The van der Waals surface area contributed by atoms with E-state index in [0.717, 1.165) is 31.6 Å². The smallest absolute Gasteiger partial charge is 0.434 e. The van der Waals surface area contributed by atoms with Gasteiger partial charge in [0, 0.05) is 13.7 Å². The zero-order valence-corrected chi connectivity index (χ0v) is 18.7. The Morgan fingerprint density at radius 3 is 2.85 bits per heavy atom. The predicted molar refractivity (Wildman–Crippen MR) is 113 cm³/mol. The Hall–Kier alpha value is -0.525. The van der Waals surface area contributed by atoms with E-state index in [1.807, 2.05) is 13.8 Å². The molecule has 1 aromatic heterocycles. The second-order valence-electron chi connectivity index (χ2n) is 5.39. The summed E-state index contributed by atoms with van der Waals surface area (Å²) in [5, 5.41) is 15.7. The molecule has 1 aromatic rings. The number of ether oxygens (including phenoxy) is 2. The van der Waals surface area contributed by atoms with Gasteiger partial charge in [-0.25, -0.2) is 0 Å². The molecule has 0 N–H and O–H groups in total. The van der Waals surface area contributed by atoms with Crippen LogP contribution in [0, 0.1) is 17.0 Å². The van der Waals surface area contributed by atoms with E-state index in [1.165, 1.54) is 0 Å². The first kappa shape index (κ1) is 23.5. The maximum atomic E-state index is 11.4. The number of halogens is 1. The summed E-state index contributed by atoms with van der Waals surface area (Å²) >= 11 is 3.86. The molecule has 1 fully saturated rings. The number of hydrogen-bond donors (Lipinski definition) is 0. The summed E-state index contributed by atoms with van der Waals surface area (Å²) in [7, 11) is 1.66. The van der Waals surface area contributed by atoms with Crippen LogP contribution >= 0.6 is 34.0 Å². The molecule has 0 radical (unpaired) electrons. The Morgan fingerprint density at radius 2 is 2.27 bits per heavy atom. The van der Waals surface area contributed by atoms with Crippen LogP contribution in [0.3, 0.4) is 0 Å². The minimum Gasteiger partial charge on any atom is -0.472 e. The molecule has 2 rings (SSSR count). The second kappa shape index (κ2) is 12.8. The zero-order chi connectivity index (χ0) is 19.5. The van der Waals surface area contributed by atoms with Crippen LogP contribution in [0.5, 0.6) is 5.88 Å². The van der Waals surface area contributed by atoms with Crippen molar-refractivity contribution in [3.8, 4) is 5.88 Å². The van der Waals surface area contributed by atoms with Crippen molar-refractivity contribution in [2.24, 2.45) is 0 Å². The molecule has 8 nitrogen and oxygen atoms in total. The topological polar surface area (TPSA) is 88.7 Å². The van der Waals surface area contributed by atoms with E-state index in [0.29, 0.717) is 18.9 Å². The molecule has 0 bridgehead atoms. The highest BCUT2D eigenvalue weighted by atomic mass is 127. The molecular formula is C15H27BIN3O5S. The van der Waals surface area contributed by atoms with Gasteiger partial charge in [-0.05, 0) is 31.9 Å². The molecule has 1 unspecified atom stereocenters. The molecule has 148 valence electrons. The van der Waals surface area contributed by atoms with Crippen LogP contribution < -0.4 is 4.74 Å². The molecule has 0 aromatic carbocycles. The first-order valence-electron chi connectivity index (χ1n) is 8.77. The molecule has 1 aliphatic heterocycles. The van der Waals surface area contributed by atoms with Crippen molar-refractivity contribution >= 4 is 43.7 Å². The number of nitrogens with zero attached hydrogens (tertiary/aromatic N) is 3. The van der Waals surface area contributed by atoms with Crippen LogP contribution in [0.4, 0.5) is 5.69 Å². The fourth-order valence-electron chi connectivity index (χ4n) is 2.53. The van der Waals surface area contributed by atoms with Crippen molar-refractivity contribution in [3.05, 3.63) is 15.8 Å². The van der Waals surface area contributed by atoms with E-state index in [1.54, 1.807) is 30.3 Å². The van der Waals surface area contributed by atoms with Crippen molar-refractivity contribution in [1.82, 2.24) is 9.78 Å². The molecule has 0 amide bonds. The van der Waals surface area contributed by atoms with Crippen molar-refractivity contribution in [2.75, 3.05) is 32.7 Å². The lowest BCUT2D eigenvalue weighted by atomic mass is 10.1. The molecule has 0 spiro atoms. The van der Waals surface area contributed by atoms with Gasteiger partial charge >= 0.3 is 15.6 Å². The summed E-state index contributed by atoms with van der Waals surface area (Å²) in [6, 6.07) is 0.0341. The summed E-state index contributed by atoms with van der Waals surface area (Å²) < 4.78 is 18.0. The lowest BCUT2D eigenvalue weighted by molar-refractivity contribution is -0.386. The van der Waals surface area contributed by atoms with Crippen LogP contribution in [0.2, 0.25) is 0 Å². The van der Waals surface area contributed by atoms with Gasteiger partial charge in [-0.3, -0.25) is 14.8 Å². The van der Waals surface area contributed by atoms with E-state index < -0.39 is 4.92 Å². The van der Waals surface area contributed by atoms with Crippen molar-refractivity contribution in [2.45, 2.75) is 46.1 Å². The summed E-state index contributed by atoms with van der Waals surface area (Å²) in [5.41, 5.74) is 0.475. The van der Waals surface area contributed by atoms with E-state index in [9.17, 15) is 10.1 Å². The average molecular weight is 499 g/mol. The third-order valence-electron chi connectivity index (χ3n) is 3.71. The van der Waals surface area contributed by atoms with Gasteiger partial charge in [0.05, 0.1) is 24.2 Å². The van der Waals surface area contributed by atoms with Crippen molar-refractivity contribution in [3.63, 3.8) is 0 Å². The number of aromatic nitrogens is 2. The Labute approximate surface area is 172 Å². The lowest BCUT2D eigenvalue weighted by Crippen LogP contribution is -2.23. The summed E-state index contributed by atoms with van der Waals surface area (Å²) in [5.74, 6) is 0.955. The maximum Gasteiger partial charge on any atom is 0.434 e. The number of hydrogen-bond acceptors (Lipinski definition) is 7.